The van der Waals surface area contributed by atoms with E-state index in [1.807, 2.05) is 0 Å². The molecule has 1 aliphatic heterocycles. The number of carboxylic acid groups (broad SMARTS) is 1. The molecule has 2 aliphatic rings. The Morgan fingerprint density at radius 3 is 2.33 bits per heavy atom. The summed E-state index contributed by atoms with van der Waals surface area (Å²) in [7, 11) is 0. The van der Waals surface area contributed by atoms with Crippen LogP contribution in [-0.2, 0) is 15.0 Å². The second-order valence-electron chi connectivity index (χ2n) is 6.45. The molecular formula is C16H15ClF3NO3. The highest BCUT2D eigenvalue weighted by atomic mass is 35.5. The molecule has 1 aromatic carbocycles. The molecule has 4 nitrogen and oxygen atoms in total. The van der Waals surface area contributed by atoms with Crippen molar-refractivity contribution < 1.29 is 27.9 Å². The first-order valence-corrected chi connectivity index (χ1v) is 7.86. The molecule has 1 N–H and O–H groups in total. The molecule has 1 atom stereocenters. The largest absolute Gasteiger partial charge is 0.481 e. The van der Waals surface area contributed by atoms with Crippen molar-refractivity contribution in [3.05, 3.63) is 34.9 Å². The van der Waals surface area contributed by atoms with Crippen molar-refractivity contribution in [2.75, 3.05) is 13.1 Å². The van der Waals surface area contributed by atoms with Crippen LogP contribution < -0.4 is 0 Å². The predicted molar refractivity (Wildman–Crippen MR) is 79.7 cm³/mol. The fourth-order valence-electron chi connectivity index (χ4n) is 3.35. The first-order valence-electron chi connectivity index (χ1n) is 7.48. The molecule has 3 rings (SSSR count). The van der Waals surface area contributed by atoms with Gasteiger partial charge in [-0.15, -0.1) is 0 Å². The van der Waals surface area contributed by atoms with Crippen LogP contribution in [0.15, 0.2) is 24.3 Å². The minimum atomic E-state index is -4.90. The fraction of sp³-hybridized carbons (Fsp3) is 0.500. The van der Waals surface area contributed by atoms with Crippen LogP contribution in [0.3, 0.4) is 0 Å². The van der Waals surface area contributed by atoms with Crippen LogP contribution in [0.2, 0.25) is 5.02 Å². The molecule has 1 unspecified atom stereocenters. The van der Waals surface area contributed by atoms with E-state index in [-0.39, 0.29) is 6.54 Å². The van der Waals surface area contributed by atoms with Crippen LogP contribution >= 0.6 is 11.6 Å². The monoisotopic (exact) mass is 361 g/mol. The summed E-state index contributed by atoms with van der Waals surface area (Å²) in [5.41, 5.74) is -3.09. The van der Waals surface area contributed by atoms with Gasteiger partial charge in [-0.2, -0.15) is 13.2 Å². The van der Waals surface area contributed by atoms with E-state index >= 15 is 0 Å². The number of alkyl halides is 3. The van der Waals surface area contributed by atoms with Gasteiger partial charge < -0.3 is 10.0 Å². The van der Waals surface area contributed by atoms with E-state index in [1.54, 1.807) is 24.3 Å². The Bertz CT molecular complexity index is 702. The summed E-state index contributed by atoms with van der Waals surface area (Å²) >= 11 is 5.94. The first kappa shape index (κ1) is 17.1. The van der Waals surface area contributed by atoms with Gasteiger partial charge in [0.1, 0.15) is 0 Å². The molecule has 24 heavy (non-hydrogen) atoms. The molecule has 0 aromatic heterocycles. The maximum atomic E-state index is 13.3. The van der Waals surface area contributed by atoms with Gasteiger partial charge in [0.25, 0.3) is 0 Å². The SMILES string of the molecule is O=C(N1CCC(C(=O)O)(C(F)(F)F)C1)C1(c2cccc(Cl)c2)CC1. The third kappa shape index (κ3) is 2.46. The number of amides is 1. The minimum Gasteiger partial charge on any atom is -0.481 e. The van der Waals surface area contributed by atoms with Crippen LogP contribution in [0.5, 0.6) is 0 Å². The molecule has 130 valence electrons. The third-order valence-electron chi connectivity index (χ3n) is 5.05. The minimum absolute atomic E-state index is 0.215. The summed E-state index contributed by atoms with van der Waals surface area (Å²) in [6, 6.07) is 6.70. The summed E-state index contributed by atoms with van der Waals surface area (Å²) < 4.78 is 39.8. The highest BCUT2D eigenvalue weighted by Crippen LogP contribution is 2.52. The predicted octanol–water partition coefficient (Wildman–Crippen LogP) is 3.24. The average molecular weight is 362 g/mol. The molecule has 1 aromatic rings. The molecule has 0 radical (unpaired) electrons. The average Bonchev–Trinajstić information content (AvgIpc) is 3.16. The molecule has 1 aliphatic carbocycles. The van der Waals surface area contributed by atoms with Crippen molar-refractivity contribution in [1.82, 2.24) is 4.90 Å². The van der Waals surface area contributed by atoms with E-state index < -0.39 is 41.8 Å². The van der Waals surface area contributed by atoms with Crippen molar-refractivity contribution in [3.8, 4) is 0 Å². The zero-order valence-corrected chi connectivity index (χ0v) is 13.3. The van der Waals surface area contributed by atoms with Crippen molar-refractivity contribution in [1.29, 1.82) is 0 Å². The van der Waals surface area contributed by atoms with E-state index in [0.29, 0.717) is 23.4 Å². The lowest BCUT2D eigenvalue weighted by molar-refractivity contribution is -0.227. The Labute approximate surface area is 141 Å². The molecule has 0 bridgehead atoms. The molecule has 1 amide bonds. The zero-order valence-electron chi connectivity index (χ0n) is 12.6. The highest BCUT2D eigenvalue weighted by molar-refractivity contribution is 6.30. The number of carbonyl (C=O) groups excluding carboxylic acids is 1. The number of nitrogens with zero attached hydrogens (tertiary/aromatic N) is 1. The van der Waals surface area contributed by atoms with Gasteiger partial charge in [0.2, 0.25) is 5.91 Å². The molecule has 8 heteroatoms. The lowest BCUT2D eigenvalue weighted by Gasteiger charge is -2.28. The van der Waals surface area contributed by atoms with Gasteiger partial charge >= 0.3 is 12.1 Å². The summed E-state index contributed by atoms with van der Waals surface area (Å²) in [5.74, 6) is -2.38. The Morgan fingerprint density at radius 2 is 1.88 bits per heavy atom. The first-order chi connectivity index (χ1) is 11.1. The summed E-state index contributed by atoms with van der Waals surface area (Å²) in [6.07, 6.45) is -4.48. The van der Waals surface area contributed by atoms with E-state index in [0.717, 1.165) is 4.90 Å². The zero-order chi connectivity index (χ0) is 17.8. The summed E-state index contributed by atoms with van der Waals surface area (Å²) in [5, 5.41) is 9.54. The van der Waals surface area contributed by atoms with Gasteiger partial charge in [-0.05, 0) is 37.0 Å². The van der Waals surface area contributed by atoms with Gasteiger partial charge in [-0.3, -0.25) is 9.59 Å². The normalized spacial score (nSPS) is 25.6. The van der Waals surface area contributed by atoms with Crippen LogP contribution in [0.4, 0.5) is 13.2 Å². The molecule has 1 heterocycles. The highest BCUT2D eigenvalue weighted by Gasteiger charge is 2.66. The van der Waals surface area contributed by atoms with Gasteiger partial charge in [0.05, 0.1) is 5.41 Å². The quantitative estimate of drug-likeness (QED) is 0.899. The van der Waals surface area contributed by atoms with Crippen molar-refractivity contribution in [3.63, 3.8) is 0 Å². The number of hydrogen-bond donors (Lipinski definition) is 1. The van der Waals surface area contributed by atoms with Gasteiger partial charge in [-0.1, -0.05) is 23.7 Å². The topological polar surface area (TPSA) is 57.6 Å². The van der Waals surface area contributed by atoms with E-state index in [9.17, 15) is 22.8 Å². The third-order valence-corrected chi connectivity index (χ3v) is 5.28. The van der Waals surface area contributed by atoms with E-state index in [4.69, 9.17) is 16.7 Å². The van der Waals surface area contributed by atoms with Crippen molar-refractivity contribution in [2.24, 2.45) is 5.41 Å². The smallest absolute Gasteiger partial charge is 0.406 e. The van der Waals surface area contributed by atoms with Crippen LogP contribution in [0, 0.1) is 5.41 Å². The molecule has 0 spiro atoms. The molecule has 2 fully saturated rings. The maximum Gasteiger partial charge on any atom is 0.406 e. The second kappa shape index (κ2) is 5.37. The number of rotatable bonds is 3. The summed E-state index contributed by atoms with van der Waals surface area (Å²) in [6.45, 7) is -1.06. The van der Waals surface area contributed by atoms with Gasteiger partial charge in [-0.25, -0.2) is 0 Å². The van der Waals surface area contributed by atoms with Crippen LogP contribution in [-0.4, -0.2) is 41.1 Å². The number of carbonyl (C=O) groups is 2. The number of benzene rings is 1. The Kier molecular flexibility index (Phi) is 3.82. The van der Waals surface area contributed by atoms with Crippen molar-refractivity contribution in [2.45, 2.75) is 30.9 Å². The Balaban J connectivity index is 1.86. The lowest BCUT2D eigenvalue weighted by atomic mass is 9.86. The number of halogens is 4. The Hall–Kier alpha value is -1.76. The number of likely N-dealkylation sites (tertiary alicyclic amines) is 1. The van der Waals surface area contributed by atoms with Gasteiger partial charge in [0, 0.05) is 18.1 Å². The standard InChI is InChI=1S/C16H15ClF3NO3/c17-11-3-1-2-10(8-11)14(4-5-14)12(22)21-7-6-15(9-21,13(23)24)16(18,19)20/h1-3,8H,4-7,9H2,(H,23,24). The van der Waals surface area contributed by atoms with E-state index in [2.05, 4.69) is 0 Å². The van der Waals surface area contributed by atoms with Crippen molar-refractivity contribution >= 4 is 23.5 Å². The molecule has 1 saturated carbocycles. The Morgan fingerprint density at radius 1 is 1.21 bits per heavy atom. The van der Waals surface area contributed by atoms with Crippen LogP contribution in [0.1, 0.15) is 24.8 Å². The fourth-order valence-corrected chi connectivity index (χ4v) is 3.54. The number of aliphatic carboxylic acids is 1. The lowest BCUT2D eigenvalue weighted by Crippen LogP contribution is -2.48. The molecule has 1 saturated heterocycles. The second-order valence-corrected chi connectivity index (χ2v) is 6.89. The maximum absolute atomic E-state index is 13.3. The van der Waals surface area contributed by atoms with Crippen LogP contribution in [0.25, 0.3) is 0 Å². The number of hydrogen-bond acceptors (Lipinski definition) is 2. The summed E-state index contributed by atoms with van der Waals surface area (Å²) in [4.78, 5) is 25.1. The molecular weight excluding hydrogens is 347 g/mol. The van der Waals surface area contributed by atoms with Gasteiger partial charge in [0.15, 0.2) is 5.41 Å². The number of carboxylic acids is 1. The van der Waals surface area contributed by atoms with E-state index in [1.165, 1.54) is 0 Å².